The Labute approximate surface area is 103 Å². The quantitative estimate of drug-likeness (QED) is 0.608. The van der Waals surface area contributed by atoms with Crippen LogP contribution in [0.15, 0.2) is 30.3 Å². The van der Waals surface area contributed by atoms with E-state index in [-0.39, 0.29) is 18.9 Å². The van der Waals surface area contributed by atoms with Crippen molar-refractivity contribution in [2.24, 2.45) is 0 Å². The number of nitrogens with zero attached hydrogens (tertiary/aromatic N) is 1. The van der Waals surface area contributed by atoms with Crippen molar-refractivity contribution < 1.29 is 24.2 Å². The lowest BCUT2D eigenvalue weighted by molar-refractivity contribution is -0.146. The molecular weight excluding hydrogens is 238 g/mol. The van der Waals surface area contributed by atoms with Gasteiger partial charge in [-0.15, -0.1) is 0 Å². The van der Waals surface area contributed by atoms with Crippen molar-refractivity contribution in [3.8, 4) is 0 Å². The zero-order valence-electron chi connectivity index (χ0n) is 9.41. The summed E-state index contributed by atoms with van der Waals surface area (Å²) in [5, 5.41) is 8.90. The first-order valence-electron chi connectivity index (χ1n) is 5.32. The lowest BCUT2D eigenvalue weighted by atomic mass is 10.1. The fraction of sp³-hybridized carbons (Fsp3) is 0.250. The molecule has 1 aromatic rings. The maximum Gasteiger partial charge on any atom is 0.328 e. The van der Waals surface area contributed by atoms with E-state index in [4.69, 9.17) is 9.84 Å². The molecule has 0 spiro atoms. The topological polar surface area (TPSA) is 83.9 Å². The summed E-state index contributed by atoms with van der Waals surface area (Å²) in [5.41, 5.74) is 0.235. The average molecular weight is 249 g/mol. The number of carboxylic acids is 1. The minimum Gasteiger partial charge on any atom is -0.480 e. The van der Waals surface area contributed by atoms with Gasteiger partial charge in [0.2, 0.25) is 5.78 Å². The van der Waals surface area contributed by atoms with E-state index in [1.54, 1.807) is 18.2 Å². The number of aliphatic carboxylic acids is 1. The summed E-state index contributed by atoms with van der Waals surface area (Å²) >= 11 is 0. The third-order valence-electron chi connectivity index (χ3n) is 2.66. The van der Waals surface area contributed by atoms with Gasteiger partial charge in [0, 0.05) is 5.56 Å². The molecule has 1 aliphatic rings. The second-order valence-electron chi connectivity index (χ2n) is 3.82. The number of ketones is 1. The van der Waals surface area contributed by atoms with Gasteiger partial charge in [-0.3, -0.25) is 14.5 Å². The lowest BCUT2D eigenvalue weighted by Gasteiger charge is -2.18. The van der Waals surface area contributed by atoms with E-state index in [1.807, 2.05) is 0 Å². The van der Waals surface area contributed by atoms with E-state index in [1.165, 1.54) is 12.1 Å². The molecule has 1 atom stereocenters. The maximum absolute atomic E-state index is 11.9. The number of rotatable bonds is 3. The number of carbonyl (C=O) groups excluding carboxylic acids is 2. The second kappa shape index (κ2) is 4.97. The molecule has 6 nitrogen and oxygen atoms in total. The molecule has 0 aromatic heterocycles. The van der Waals surface area contributed by atoms with Crippen molar-refractivity contribution in [3.63, 3.8) is 0 Å². The molecule has 94 valence electrons. The van der Waals surface area contributed by atoms with Gasteiger partial charge in [-0.2, -0.15) is 0 Å². The molecule has 1 aliphatic heterocycles. The Morgan fingerprint density at radius 2 is 1.89 bits per heavy atom. The third kappa shape index (κ3) is 2.23. The summed E-state index contributed by atoms with van der Waals surface area (Å²) in [5.74, 6) is -2.76. The van der Waals surface area contributed by atoms with Gasteiger partial charge in [0.25, 0.3) is 5.91 Å². The van der Waals surface area contributed by atoms with Crippen LogP contribution >= 0.6 is 0 Å². The Balaban J connectivity index is 2.17. The Morgan fingerprint density at radius 1 is 1.22 bits per heavy atom. The van der Waals surface area contributed by atoms with Crippen LogP contribution < -0.4 is 0 Å². The first kappa shape index (κ1) is 12.3. The number of amides is 1. The van der Waals surface area contributed by atoms with Crippen LogP contribution in [-0.4, -0.2) is 47.0 Å². The molecule has 1 fully saturated rings. The van der Waals surface area contributed by atoms with Gasteiger partial charge >= 0.3 is 5.97 Å². The van der Waals surface area contributed by atoms with Gasteiger partial charge in [-0.1, -0.05) is 30.3 Å². The maximum atomic E-state index is 11.9. The molecule has 1 amide bonds. The molecule has 1 heterocycles. The molecule has 0 bridgehead atoms. The van der Waals surface area contributed by atoms with Crippen molar-refractivity contribution in [2.45, 2.75) is 6.04 Å². The van der Waals surface area contributed by atoms with Crippen molar-refractivity contribution in [2.75, 3.05) is 13.3 Å². The van der Waals surface area contributed by atoms with Crippen molar-refractivity contribution in [1.29, 1.82) is 0 Å². The summed E-state index contributed by atoms with van der Waals surface area (Å²) in [6.07, 6.45) is 0. The number of hydrogen-bond acceptors (Lipinski definition) is 4. The van der Waals surface area contributed by atoms with E-state index in [0.29, 0.717) is 0 Å². The van der Waals surface area contributed by atoms with E-state index in [9.17, 15) is 14.4 Å². The number of carbonyl (C=O) groups is 3. The molecule has 0 saturated carbocycles. The number of ether oxygens (including phenoxy) is 1. The molecule has 18 heavy (non-hydrogen) atoms. The highest BCUT2D eigenvalue weighted by Gasteiger charge is 2.37. The monoisotopic (exact) mass is 249 g/mol. The van der Waals surface area contributed by atoms with Crippen LogP contribution in [0.2, 0.25) is 0 Å². The van der Waals surface area contributed by atoms with Crippen LogP contribution in [-0.2, 0) is 14.3 Å². The summed E-state index contributed by atoms with van der Waals surface area (Å²) in [4.78, 5) is 35.6. The first-order chi connectivity index (χ1) is 8.61. The molecule has 0 radical (unpaired) electrons. The first-order valence-corrected chi connectivity index (χ1v) is 5.32. The highest BCUT2D eigenvalue weighted by molar-refractivity contribution is 6.43. The SMILES string of the molecule is O=C(C(=O)N1COCC1C(=O)O)c1ccccc1. The van der Waals surface area contributed by atoms with Gasteiger partial charge in [0.15, 0.2) is 6.04 Å². The summed E-state index contributed by atoms with van der Waals surface area (Å²) in [6, 6.07) is 6.91. The molecule has 1 unspecified atom stereocenters. The van der Waals surface area contributed by atoms with E-state index in [2.05, 4.69) is 0 Å². The van der Waals surface area contributed by atoms with Gasteiger partial charge in [0.1, 0.15) is 6.73 Å². The van der Waals surface area contributed by atoms with Crippen molar-refractivity contribution >= 4 is 17.7 Å². The van der Waals surface area contributed by atoms with Crippen LogP contribution in [0.5, 0.6) is 0 Å². The normalized spacial score (nSPS) is 18.7. The fourth-order valence-electron chi connectivity index (χ4n) is 1.69. The molecule has 1 N–H and O–H groups in total. The molecule has 1 aromatic carbocycles. The van der Waals surface area contributed by atoms with Crippen LogP contribution in [0.1, 0.15) is 10.4 Å². The van der Waals surface area contributed by atoms with Crippen molar-refractivity contribution in [1.82, 2.24) is 4.90 Å². The van der Waals surface area contributed by atoms with Crippen LogP contribution in [0.3, 0.4) is 0 Å². The third-order valence-corrected chi connectivity index (χ3v) is 2.66. The summed E-state index contributed by atoms with van der Waals surface area (Å²) in [7, 11) is 0. The molecular formula is C12H11NO5. The fourth-order valence-corrected chi connectivity index (χ4v) is 1.69. The molecule has 6 heteroatoms. The Bertz CT molecular complexity index is 485. The molecule has 1 saturated heterocycles. The average Bonchev–Trinajstić information content (AvgIpc) is 2.87. The zero-order chi connectivity index (χ0) is 13.1. The Hall–Kier alpha value is -2.21. The zero-order valence-corrected chi connectivity index (χ0v) is 9.41. The predicted octanol–water partition coefficient (Wildman–Crippen LogP) is 0.139. The van der Waals surface area contributed by atoms with Gasteiger partial charge in [-0.05, 0) is 0 Å². The minimum atomic E-state index is -1.18. The number of carboxylic acid groups (broad SMARTS) is 1. The molecule has 2 rings (SSSR count). The lowest BCUT2D eigenvalue weighted by Crippen LogP contribution is -2.44. The Kier molecular flexibility index (Phi) is 3.38. The summed E-state index contributed by atoms with van der Waals surface area (Å²) < 4.78 is 4.91. The van der Waals surface area contributed by atoms with Gasteiger partial charge in [0.05, 0.1) is 6.61 Å². The van der Waals surface area contributed by atoms with Crippen LogP contribution in [0.25, 0.3) is 0 Å². The molecule has 0 aliphatic carbocycles. The number of Topliss-reactive ketones (excluding diaryl/α,β-unsaturated/α-hetero) is 1. The standard InChI is InChI=1S/C12H11NO5/c14-10(8-4-2-1-3-5-8)11(15)13-7-18-6-9(13)12(16)17/h1-5,9H,6-7H2,(H,16,17). The summed E-state index contributed by atoms with van der Waals surface area (Å²) in [6.45, 7) is -0.266. The van der Waals surface area contributed by atoms with Crippen LogP contribution in [0, 0.1) is 0 Å². The highest BCUT2D eigenvalue weighted by atomic mass is 16.5. The van der Waals surface area contributed by atoms with E-state index < -0.39 is 23.7 Å². The Morgan fingerprint density at radius 3 is 2.50 bits per heavy atom. The number of benzene rings is 1. The van der Waals surface area contributed by atoms with E-state index in [0.717, 1.165) is 4.90 Å². The second-order valence-corrected chi connectivity index (χ2v) is 3.82. The van der Waals surface area contributed by atoms with E-state index >= 15 is 0 Å². The number of hydrogen-bond donors (Lipinski definition) is 1. The predicted molar refractivity (Wildman–Crippen MR) is 59.9 cm³/mol. The van der Waals surface area contributed by atoms with Crippen molar-refractivity contribution in [3.05, 3.63) is 35.9 Å². The minimum absolute atomic E-state index is 0.0941. The van der Waals surface area contributed by atoms with Gasteiger partial charge in [-0.25, -0.2) is 4.79 Å². The van der Waals surface area contributed by atoms with Crippen LogP contribution in [0.4, 0.5) is 0 Å². The highest BCUT2D eigenvalue weighted by Crippen LogP contribution is 2.12. The largest absolute Gasteiger partial charge is 0.480 e. The van der Waals surface area contributed by atoms with Gasteiger partial charge < -0.3 is 9.84 Å². The smallest absolute Gasteiger partial charge is 0.328 e.